The van der Waals surface area contributed by atoms with Gasteiger partial charge in [-0.05, 0) is 47.1 Å². The summed E-state index contributed by atoms with van der Waals surface area (Å²) < 4.78 is 5.31. The molecule has 3 heteroatoms. The molecular weight excluding hydrogens is 192 g/mol. The Hall–Kier alpha value is -0.830. The molecule has 0 aliphatic carbocycles. The average Bonchev–Trinajstić information content (AvgIpc) is 1.99. The third-order valence-corrected chi connectivity index (χ3v) is 2.48. The minimum absolute atomic E-state index is 0.0411. The molecule has 3 nitrogen and oxygen atoms in total. The second kappa shape index (κ2) is 5.31. The lowest BCUT2D eigenvalue weighted by Gasteiger charge is -2.27. The zero-order valence-electron chi connectivity index (χ0n) is 10.5. The van der Waals surface area contributed by atoms with E-state index in [1.54, 1.807) is 6.92 Å². The molecule has 1 N–H and O–H groups in total. The van der Waals surface area contributed by atoms with Gasteiger partial charge in [0.1, 0.15) is 5.60 Å². The van der Waals surface area contributed by atoms with E-state index in [0.717, 1.165) is 11.1 Å². The quantitative estimate of drug-likeness (QED) is 0.577. The first kappa shape index (κ1) is 14.2. The Kier molecular flexibility index (Phi) is 5.01. The topological polar surface area (TPSA) is 46.5 Å². The predicted octanol–water partition coefficient (Wildman–Crippen LogP) is 2.44. The SMILES string of the molecule is CC(C)=C(C)C(C)(C)OC(=O)CC(C)O. The summed E-state index contributed by atoms with van der Waals surface area (Å²) >= 11 is 0. The Morgan fingerprint density at radius 2 is 1.80 bits per heavy atom. The van der Waals surface area contributed by atoms with Crippen LogP contribution in [0.5, 0.6) is 0 Å². The minimum atomic E-state index is -0.652. The normalized spacial score (nSPS) is 13.3. The molecule has 15 heavy (non-hydrogen) atoms. The minimum Gasteiger partial charge on any atom is -0.455 e. The summed E-state index contributed by atoms with van der Waals surface area (Å²) in [6, 6.07) is 0. The van der Waals surface area contributed by atoms with Crippen molar-refractivity contribution in [2.24, 2.45) is 0 Å². The van der Waals surface area contributed by atoms with Crippen LogP contribution in [0.1, 0.15) is 48.0 Å². The summed E-state index contributed by atoms with van der Waals surface area (Å²) in [5.41, 5.74) is 1.59. The van der Waals surface area contributed by atoms with Crippen LogP contribution < -0.4 is 0 Å². The maximum atomic E-state index is 11.4. The second-order valence-electron chi connectivity index (χ2n) is 4.66. The molecule has 0 aliphatic rings. The highest BCUT2D eigenvalue weighted by molar-refractivity contribution is 5.70. The van der Waals surface area contributed by atoms with Gasteiger partial charge in [0.25, 0.3) is 0 Å². The number of allylic oxidation sites excluding steroid dienone is 1. The van der Waals surface area contributed by atoms with Crippen LogP contribution >= 0.6 is 0 Å². The van der Waals surface area contributed by atoms with Gasteiger partial charge in [-0.1, -0.05) is 5.57 Å². The van der Waals surface area contributed by atoms with E-state index in [1.807, 2.05) is 34.6 Å². The summed E-state index contributed by atoms with van der Waals surface area (Å²) in [4.78, 5) is 11.4. The maximum Gasteiger partial charge on any atom is 0.309 e. The van der Waals surface area contributed by atoms with Gasteiger partial charge in [-0.3, -0.25) is 4.79 Å². The molecule has 0 heterocycles. The van der Waals surface area contributed by atoms with Gasteiger partial charge in [0.2, 0.25) is 0 Å². The highest BCUT2D eigenvalue weighted by Gasteiger charge is 2.26. The summed E-state index contributed by atoms with van der Waals surface area (Å²) in [6.07, 6.45) is -0.611. The number of hydrogen-bond donors (Lipinski definition) is 1. The van der Waals surface area contributed by atoms with Crippen molar-refractivity contribution in [2.45, 2.75) is 59.7 Å². The Labute approximate surface area is 92.1 Å². The molecule has 0 rings (SSSR count). The van der Waals surface area contributed by atoms with Crippen LogP contribution in [-0.2, 0) is 9.53 Å². The molecular formula is C12H22O3. The molecule has 0 aliphatic heterocycles. The first-order valence-electron chi connectivity index (χ1n) is 5.21. The number of aliphatic hydroxyl groups is 1. The average molecular weight is 214 g/mol. The molecule has 0 aromatic heterocycles. The first-order valence-corrected chi connectivity index (χ1v) is 5.21. The van der Waals surface area contributed by atoms with Gasteiger partial charge in [0.15, 0.2) is 0 Å². The fourth-order valence-electron chi connectivity index (χ4n) is 1.25. The number of esters is 1. The molecule has 1 atom stereocenters. The molecule has 0 radical (unpaired) electrons. The number of carbonyl (C=O) groups excluding carboxylic acids is 1. The van der Waals surface area contributed by atoms with Crippen LogP contribution in [0.25, 0.3) is 0 Å². The third-order valence-electron chi connectivity index (χ3n) is 2.48. The van der Waals surface area contributed by atoms with Crippen LogP contribution in [0, 0.1) is 0 Å². The van der Waals surface area contributed by atoms with Crippen molar-refractivity contribution < 1.29 is 14.6 Å². The van der Waals surface area contributed by atoms with E-state index < -0.39 is 11.7 Å². The van der Waals surface area contributed by atoms with Gasteiger partial charge in [-0.15, -0.1) is 0 Å². The Bertz CT molecular complexity index is 258. The van der Waals surface area contributed by atoms with Gasteiger partial charge < -0.3 is 9.84 Å². The Morgan fingerprint density at radius 3 is 2.13 bits per heavy atom. The number of carbonyl (C=O) groups is 1. The largest absolute Gasteiger partial charge is 0.455 e. The van der Waals surface area contributed by atoms with Gasteiger partial charge >= 0.3 is 5.97 Å². The fraction of sp³-hybridized carbons (Fsp3) is 0.750. The lowest BCUT2D eigenvalue weighted by molar-refractivity contribution is -0.155. The van der Waals surface area contributed by atoms with E-state index in [1.165, 1.54) is 0 Å². The summed E-state index contributed by atoms with van der Waals surface area (Å²) in [7, 11) is 0. The summed E-state index contributed by atoms with van der Waals surface area (Å²) in [5.74, 6) is -0.365. The standard InChI is InChI=1S/C12H22O3/c1-8(2)10(4)12(5,6)15-11(14)7-9(3)13/h9,13H,7H2,1-6H3. The zero-order chi connectivity index (χ0) is 12.2. The fourth-order valence-corrected chi connectivity index (χ4v) is 1.25. The molecule has 0 aromatic carbocycles. The molecule has 0 saturated heterocycles. The van der Waals surface area contributed by atoms with Crippen molar-refractivity contribution in [3.63, 3.8) is 0 Å². The van der Waals surface area contributed by atoms with Crippen molar-refractivity contribution in [3.8, 4) is 0 Å². The van der Waals surface area contributed by atoms with Gasteiger partial charge in [-0.25, -0.2) is 0 Å². The lowest BCUT2D eigenvalue weighted by Crippen LogP contribution is -2.31. The van der Waals surface area contributed by atoms with Crippen molar-refractivity contribution >= 4 is 5.97 Å². The molecule has 0 saturated carbocycles. The summed E-state index contributed by atoms with van der Waals surface area (Å²) in [6.45, 7) is 11.2. The van der Waals surface area contributed by atoms with Crippen LogP contribution in [0.2, 0.25) is 0 Å². The second-order valence-corrected chi connectivity index (χ2v) is 4.66. The van der Waals surface area contributed by atoms with Crippen LogP contribution in [0.15, 0.2) is 11.1 Å². The van der Waals surface area contributed by atoms with Gasteiger partial charge in [0, 0.05) is 0 Å². The highest BCUT2D eigenvalue weighted by atomic mass is 16.6. The van der Waals surface area contributed by atoms with E-state index in [0.29, 0.717) is 0 Å². The van der Waals surface area contributed by atoms with Crippen molar-refractivity contribution in [1.29, 1.82) is 0 Å². The van der Waals surface area contributed by atoms with E-state index in [4.69, 9.17) is 9.84 Å². The van der Waals surface area contributed by atoms with E-state index in [2.05, 4.69) is 0 Å². The first-order chi connectivity index (χ1) is 6.66. The number of hydrogen-bond acceptors (Lipinski definition) is 3. The van der Waals surface area contributed by atoms with Gasteiger partial charge in [0.05, 0.1) is 12.5 Å². The zero-order valence-corrected chi connectivity index (χ0v) is 10.5. The smallest absolute Gasteiger partial charge is 0.309 e. The van der Waals surface area contributed by atoms with Crippen LogP contribution in [0.3, 0.4) is 0 Å². The number of aliphatic hydroxyl groups excluding tert-OH is 1. The number of ether oxygens (including phenoxy) is 1. The lowest BCUT2D eigenvalue weighted by atomic mass is 9.95. The number of rotatable bonds is 4. The molecule has 0 fully saturated rings. The highest BCUT2D eigenvalue weighted by Crippen LogP contribution is 2.23. The third kappa shape index (κ3) is 4.98. The van der Waals surface area contributed by atoms with E-state index >= 15 is 0 Å². The van der Waals surface area contributed by atoms with Crippen molar-refractivity contribution in [1.82, 2.24) is 0 Å². The van der Waals surface area contributed by atoms with E-state index in [9.17, 15) is 4.79 Å². The van der Waals surface area contributed by atoms with Gasteiger partial charge in [-0.2, -0.15) is 0 Å². The van der Waals surface area contributed by atoms with Crippen molar-refractivity contribution in [3.05, 3.63) is 11.1 Å². The Balaban J connectivity index is 4.52. The van der Waals surface area contributed by atoms with Crippen LogP contribution in [0.4, 0.5) is 0 Å². The van der Waals surface area contributed by atoms with E-state index in [-0.39, 0.29) is 12.4 Å². The monoisotopic (exact) mass is 214 g/mol. The van der Waals surface area contributed by atoms with Crippen molar-refractivity contribution in [2.75, 3.05) is 0 Å². The predicted molar refractivity (Wildman–Crippen MR) is 60.5 cm³/mol. The maximum absolute atomic E-state index is 11.4. The summed E-state index contributed by atoms with van der Waals surface area (Å²) in [5, 5.41) is 9.05. The Morgan fingerprint density at radius 1 is 1.33 bits per heavy atom. The molecule has 0 bridgehead atoms. The molecule has 1 unspecified atom stereocenters. The molecule has 0 spiro atoms. The van der Waals surface area contributed by atoms with Crippen LogP contribution in [-0.4, -0.2) is 22.8 Å². The molecule has 88 valence electrons. The molecule has 0 aromatic rings. The molecule has 0 amide bonds.